The maximum atomic E-state index is 11.3. The fraction of sp³-hybridized carbons (Fsp3) is 0.167. The van der Waals surface area contributed by atoms with Crippen LogP contribution in [0.15, 0.2) is 29.8 Å². The SMILES string of the molecule is NC(=O)c1ccc(N)cc1NCCc1nccs1. The number of hydrogen-bond donors (Lipinski definition) is 3. The molecule has 0 aliphatic rings. The number of nitrogens with zero attached hydrogens (tertiary/aromatic N) is 1. The number of rotatable bonds is 5. The molecule has 1 aromatic carbocycles. The van der Waals surface area contributed by atoms with Gasteiger partial charge in [-0.05, 0) is 18.2 Å². The number of carbonyl (C=O) groups excluding carboxylic acids is 1. The zero-order chi connectivity index (χ0) is 13.0. The van der Waals surface area contributed by atoms with Gasteiger partial charge in [-0.15, -0.1) is 11.3 Å². The van der Waals surface area contributed by atoms with Crippen molar-refractivity contribution in [2.45, 2.75) is 6.42 Å². The second kappa shape index (κ2) is 5.50. The van der Waals surface area contributed by atoms with Crippen LogP contribution in [0.25, 0.3) is 0 Å². The van der Waals surface area contributed by atoms with E-state index in [9.17, 15) is 4.79 Å². The molecule has 0 aliphatic heterocycles. The number of hydrogen-bond acceptors (Lipinski definition) is 5. The summed E-state index contributed by atoms with van der Waals surface area (Å²) in [5, 5.41) is 6.14. The van der Waals surface area contributed by atoms with Gasteiger partial charge in [0.1, 0.15) is 0 Å². The summed E-state index contributed by atoms with van der Waals surface area (Å²) in [7, 11) is 0. The quantitative estimate of drug-likeness (QED) is 0.711. The number of thiazole rings is 1. The molecule has 0 aliphatic carbocycles. The van der Waals surface area contributed by atoms with Gasteiger partial charge in [0.15, 0.2) is 0 Å². The summed E-state index contributed by atoms with van der Waals surface area (Å²) in [5.74, 6) is -0.466. The molecular formula is C12H14N4OS. The molecule has 94 valence electrons. The van der Waals surface area contributed by atoms with Gasteiger partial charge >= 0.3 is 0 Å². The minimum absolute atomic E-state index is 0.448. The Morgan fingerprint density at radius 1 is 1.44 bits per heavy atom. The number of nitrogens with one attached hydrogen (secondary N) is 1. The Labute approximate surface area is 109 Å². The van der Waals surface area contributed by atoms with Gasteiger partial charge in [-0.25, -0.2) is 4.98 Å². The monoisotopic (exact) mass is 262 g/mol. The van der Waals surface area contributed by atoms with Crippen molar-refractivity contribution in [3.05, 3.63) is 40.3 Å². The normalized spacial score (nSPS) is 10.2. The number of carbonyl (C=O) groups is 1. The van der Waals surface area contributed by atoms with Crippen molar-refractivity contribution in [2.24, 2.45) is 5.73 Å². The molecule has 1 aromatic heterocycles. The van der Waals surface area contributed by atoms with Gasteiger partial charge in [0.25, 0.3) is 5.91 Å². The van der Waals surface area contributed by atoms with Crippen LogP contribution >= 0.6 is 11.3 Å². The van der Waals surface area contributed by atoms with Crippen LogP contribution in [0.2, 0.25) is 0 Å². The second-order valence-corrected chi connectivity index (χ2v) is 4.75. The molecule has 1 amide bonds. The van der Waals surface area contributed by atoms with Crippen LogP contribution in [-0.4, -0.2) is 17.4 Å². The molecule has 5 N–H and O–H groups in total. The fourth-order valence-electron chi connectivity index (χ4n) is 1.60. The van der Waals surface area contributed by atoms with Crippen LogP contribution in [0.1, 0.15) is 15.4 Å². The van der Waals surface area contributed by atoms with Gasteiger partial charge in [-0.1, -0.05) is 0 Å². The zero-order valence-electron chi connectivity index (χ0n) is 9.72. The Kier molecular flexibility index (Phi) is 3.78. The molecule has 0 unspecified atom stereocenters. The van der Waals surface area contributed by atoms with Crippen LogP contribution in [0.5, 0.6) is 0 Å². The van der Waals surface area contributed by atoms with Gasteiger partial charge in [0.2, 0.25) is 0 Å². The van der Waals surface area contributed by atoms with Crippen molar-refractivity contribution in [2.75, 3.05) is 17.6 Å². The lowest BCUT2D eigenvalue weighted by atomic mass is 10.1. The molecule has 0 spiro atoms. The topological polar surface area (TPSA) is 94.0 Å². The van der Waals surface area contributed by atoms with Gasteiger partial charge in [-0.2, -0.15) is 0 Å². The Morgan fingerprint density at radius 3 is 2.94 bits per heavy atom. The molecule has 5 nitrogen and oxygen atoms in total. The molecule has 0 saturated carbocycles. The molecule has 1 heterocycles. The first-order chi connectivity index (χ1) is 8.66. The molecule has 2 aromatic rings. The van der Waals surface area contributed by atoms with Gasteiger partial charge < -0.3 is 16.8 Å². The summed E-state index contributed by atoms with van der Waals surface area (Å²) in [6.07, 6.45) is 2.57. The summed E-state index contributed by atoms with van der Waals surface area (Å²) in [6.45, 7) is 0.678. The van der Waals surface area contributed by atoms with E-state index in [1.165, 1.54) is 0 Å². The zero-order valence-corrected chi connectivity index (χ0v) is 10.5. The smallest absolute Gasteiger partial charge is 0.250 e. The molecule has 0 saturated heterocycles. The number of aromatic nitrogens is 1. The first-order valence-corrected chi connectivity index (χ1v) is 6.36. The van der Waals surface area contributed by atoms with E-state index >= 15 is 0 Å². The Morgan fingerprint density at radius 2 is 2.28 bits per heavy atom. The third-order valence-corrected chi connectivity index (χ3v) is 3.29. The van der Waals surface area contributed by atoms with Crippen molar-refractivity contribution in [1.29, 1.82) is 0 Å². The van der Waals surface area contributed by atoms with Crippen LogP contribution in [0.3, 0.4) is 0 Å². The fourth-order valence-corrected chi connectivity index (χ4v) is 2.22. The third-order valence-electron chi connectivity index (χ3n) is 2.45. The molecule has 18 heavy (non-hydrogen) atoms. The van der Waals surface area contributed by atoms with Gasteiger partial charge in [0.05, 0.1) is 10.6 Å². The molecule has 0 fully saturated rings. The van der Waals surface area contributed by atoms with E-state index in [1.54, 1.807) is 35.7 Å². The lowest BCUT2D eigenvalue weighted by Gasteiger charge is -2.10. The average molecular weight is 262 g/mol. The highest BCUT2D eigenvalue weighted by molar-refractivity contribution is 7.09. The first kappa shape index (κ1) is 12.4. The van der Waals surface area contributed by atoms with Crippen molar-refractivity contribution < 1.29 is 4.79 Å². The van der Waals surface area contributed by atoms with Crippen molar-refractivity contribution in [3.63, 3.8) is 0 Å². The minimum Gasteiger partial charge on any atom is -0.399 e. The average Bonchev–Trinajstić information content (AvgIpc) is 2.82. The first-order valence-electron chi connectivity index (χ1n) is 5.48. The Hall–Kier alpha value is -2.08. The van der Waals surface area contributed by atoms with Crippen LogP contribution in [0, 0.1) is 0 Å². The predicted molar refractivity (Wildman–Crippen MR) is 73.7 cm³/mol. The predicted octanol–water partition coefficient (Wildman–Crippen LogP) is 1.48. The van der Waals surface area contributed by atoms with Crippen molar-refractivity contribution >= 4 is 28.6 Å². The summed E-state index contributed by atoms with van der Waals surface area (Å²) in [4.78, 5) is 15.4. The molecule has 2 rings (SSSR count). The van der Waals surface area contributed by atoms with E-state index in [2.05, 4.69) is 10.3 Å². The minimum atomic E-state index is -0.466. The Balaban J connectivity index is 2.03. The lowest BCUT2D eigenvalue weighted by Crippen LogP contribution is -2.15. The number of nitrogen functional groups attached to an aromatic ring is 1. The van der Waals surface area contributed by atoms with Crippen LogP contribution < -0.4 is 16.8 Å². The van der Waals surface area contributed by atoms with E-state index in [0.717, 1.165) is 11.4 Å². The number of primary amides is 1. The third kappa shape index (κ3) is 2.98. The van der Waals surface area contributed by atoms with Gasteiger partial charge in [-0.3, -0.25) is 4.79 Å². The number of amides is 1. The number of benzene rings is 1. The van der Waals surface area contributed by atoms with Gasteiger partial charge in [0, 0.05) is 35.9 Å². The lowest BCUT2D eigenvalue weighted by molar-refractivity contribution is 0.100. The molecule has 0 atom stereocenters. The number of anilines is 2. The summed E-state index contributed by atoms with van der Waals surface area (Å²) >= 11 is 1.60. The standard InChI is InChI=1S/C12H14N4OS/c13-8-1-2-9(12(14)17)10(7-8)15-4-3-11-16-5-6-18-11/h1-2,5-7,15H,3-4,13H2,(H2,14,17). The van der Waals surface area contributed by atoms with Crippen molar-refractivity contribution in [1.82, 2.24) is 4.98 Å². The molecule has 0 bridgehead atoms. The summed E-state index contributed by atoms with van der Waals surface area (Å²) < 4.78 is 0. The molecular weight excluding hydrogens is 248 g/mol. The largest absolute Gasteiger partial charge is 0.399 e. The maximum absolute atomic E-state index is 11.3. The van der Waals surface area contributed by atoms with Crippen molar-refractivity contribution in [3.8, 4) is 0 Å². The highest BCUT2D eigenvalue weighted by Crippen LogP contribution is 2.19. The van der Waals surface area contributed by atoms with Crippen LogP contribution in [0.4, 0.5) is 11.4 Å². The highest BCUT2D eigenvalue weighted by atomic mass is 32.1. The van der Waals surface area contributed by atoms with E-state index in [1.807, 2.05) is 5.38 Å². The van der Waals surface area contributed by atoms with E-state index in [-0.39, 0.29) is 0 Å². The van der Waals surface area contributed by atoms with E-state index in [0.29, 0.717) is 23.5 Å². The second-order valence-electron chi connectivity index (χ2n) is 3.77. The maximum Gasteiger partial charge on any atom is 0.250 e. The molecule has 0 radical (unpaired) electrons. The summed E-state index contributed by atoms with van der Waals surface area (Å²) in [5.41, 5.74) is 12.7. The Bertz CT molecular complexity index is 539. The van der Waals surface area contributed by atoms with Crippen LogP contribution in [-0.2, 0) is 6.42 Å². The number of nitrogens with two attached hydrogens (primary N) is 2. The van der Waals surface area contributed by atoms with E-state index < -0.39 is 5.91 Å². The highest BCUT2D eigenvalue weighted by Gasteiger charge is 2.08. The summed E-state index contributed by atoms with van der Waals surface area (Å²) in [6, 6.07) is 5.00. The molecule has 6 heteroatoms. The van der Waals surface area contributed by atoms with E-state index in [4.69, 9.17) is 11.5 Å².